The number of hydrogen-bond donors (Lipinski definition) is 0. The van der Waals surface area contributed by atoms with Gasteiger partial charge in [0, 0.05) is 6.42 Å². The summed E-state index contributed by atoms with van der Waals surface area (Å²) in [4.78, 5) is 0. The Bertz CT molecular complexity index is 189. The zero-order valence-corrected chi connectivity index (χ0v) is 9.12. The molecule has 0 spiro atoms. The van der Waals surface area contributed by atoms with Gasteiger partial charge in [-0.3, -0.25) is 0 Å². The molecule has 0 rings (SSSR count). The van der Waals surface area contributed by atoms with E-state index < -0.39 is 5.67 Å². The van der Waals surface area contributed by atoms with E-state index in [4.69, 9.17) is 0 Å². The van der Waals surface area contributed by atoms with Crippen LogP contribution in [-0.2, 0) is 0 Å². The highest BCUT2D eigenvalue weighted by atomic mass is 19.1. The van der Waals surface area contributed by atoms with Crippen molar-refractivity contribution in [2.45, 2.75) is 52.1 Å². The van der Waals surface area contributed by atoms with Crippen molar-refractivity contribution < 1.29 is 4.39 Å². The smallest absolute Gasteiger partial charge is 0.111 e. The van der Waals surface area contributed by atoms with Crippen LogP contribution in [0.2, 0.25) is 0 Å². The Morgan fingerprint density at radius 2 is 1.77 bits per heavy atom. The Kier molecular flexibility index (Phi) is 4.97. The van der Waals surface area contributed by atoms with Gasteiger partial charge in [-0.1, -0.05) is 38.2 Å². The lowest BCUT2D eigenvalue weighted by Crippen LogP contribution is -2.16. The van der Waals surface area contributed by atoms with Crippen LogP contribution < -0.4 is 0 Å². The molecule has 0 amide bonds. The van der Waals surface area contributed by atoms with Crippen LogP contribution in [0.3, 0.4) is 0 Å². The molecule has 1 heteroatoms. The third-order valence-corrected chi connectivity index (χ3v) is 2.36. The molecule has 76 valence electrons. The van der Waals surface area contributed by atoms with Gasteiger partial charge in [0.05, 0.1) is 0 Å². The molecular weight excluding hydrogens is 163 g/mol. The van der Waals surface area contributed by atoms with Crippen LogP contribution in [0.4, 0.5) is 4.39 Å². The van der Waals surface area contributed by atoms with Gasteiger partial charge in [-0.2, -0.15) is 0 Å². The summed E-state index contributed by atoms with van der Waals surface area (Å²) in [6.07, 6.45) is 2.73. The maximum absolute atomic E-state index is 13.5. The van der Waals surface area contributed by atoms with Gasteiger partial charge in [0.1, 0.15) is 5.67 Å². The summed E-state index contributed by atoms with van der Waals surface area (Å²) in [5.41, 5.74) is 1.00. The second-order valence-corrected chi connectivity index (χ2v) is 3.97. The number of allylic oxidation sites excluding steroid dienone is 2. The molecular formula is C12H21F. The highest BCUT2D eigenvalue weighted by Gasteiger charge is 2.21. The highest BCUT2D eigenvalue weighted by molar-refractivity contribution is 5.11. The van der Waals surface area contributed by atoms with E-state index >= 15 is 0 Å². The third kappa shape index (κ3) is 5.62. The molecule has 0 aliphatic carbocycles. The van der Waals surface area contributed by atoms with Crippen LogP contribution >= 0.6 is 0 Å². The molecule has 0 aliphatic rings. The van der Waals surface area contributed by atoms with Gasteiger partial charge in [0.15, 0.2) is 0 Å². The Labute approximate surface area is 81.5 Å². The van der Waals surface area contributed by atoms with Gasteiger partial charge in [-0.25, -0.2) is 4.39 Å². The molecule has 0 bridgehead atoms. The molecule has 0 aromatic heterocycles. The zero-order valence-electron chi connectivity index (χ0n) is 9.12. The Balaban J connectivity index is 3.94. The van der Waals surface area contributed by atoms with Gasteiger partial charge >= 0.3 is 0 Å². The lowest BCUT2D eigenvalue weighted by Gasteiger charge is -2.19. The Hall–Kier alpha value is -0.590. The molecule has 0 aromatic carbocycles. The quantitative estimate of drug-likeness (QED) is 0.536. The van der Waals surface area contributed by atoms with Crippen LogP contribution in [0.25, 0.3) is 0 Å². The first-order chi connectivity index (χ1) is 5.91. The van der Waals surface area contributed by atoms with E-state index in [1.807, 2.05) is 6.92 Å². The van der Waals surface area contributed by atoms with Crippen LogP contribution in [0.1, 0.15) is 46.5 Å². The lowest BCUT2D eigenvalue weighted by molar-refractivity contribution is 0.182. The first-order valence-electron chi connectivity index (χ1n) is 4.93. The summed E-state index contributed by atoms with van der Waals surface area (Å²) in [7, 11) is 0. The fourth-order valence-electron chi connectivity index (χ4n) is 1.19. The van der Waals surface area contributed by atoms with Crippen molar-refractivity contribution in [1.29, 1.82) is 0 Å². The largest absolute Gasteiger partial charge is 0.244 e. The molecule has 0 nitrogen and oxygen atoms in total. The number of alkyl halides is 1. The predicted octanol–water partition coefficient (Wildman–Crippen LogP) is 4.43. The molecule has 1 atom stereocenters. The van der Waals surface area contributed by atoms with Gasteiger partial charge in [0.2, 0.25) is 0 Å². The summed E-state index contributed by atoms with van der Waals surface area (Å²) in [5, 5.41) is 0. The SMILES string of the molecule is C=C(CC)CC(=C)CC(C)(F)CC. The second-order valence-electron chi connectivity index (χ2n) is 3.97. The summed E-state index contributed by atoms with van der Waals surface area (Å²) in [6, 6.07) is 0. The fraction of sp³-hybridized carbons (Fsp3) is 0.667. The Morgan fingerprint density at radius 3 is 2.15 bits per heavy atom. The molecule has 0 aliphatic heterocycles. The van der Waals surface area contributed by atoms with Crippen LogP contribution in [0.5, 0.6) is 0 Å². The van der Waals surface area contributed by atoms with Gasteiger partial charge < -0.3 is 0 Å². The molecule has 0 aromatic rings. The van der Waals surface area contributed by atoms with E-state index in [1.54, 1.807) is 6.92 Å². The Morgan fingerprint density at radius 1 is 1.23 bits per heavy atom. The van der Waals surface area contributed by atoms with Gasteiger partial charge in [-0.05, 0) is 26.2 Å². The lowest BCUT2D eigenvalue weighted by atomic mass is 9.93. The average molecular weight is 184 g/mol. The van der Waals surface area contributed by atoms with Crippen molar-refractivity contribution in [3.05, 3.63) is 24.3 Å². The third-order valence-electron chi connectivity index (χ3n) is 2.36. The topological polar surface area (TPSA) is 0 Å². The van der Waals surface area contributed by atoms with E-state index in [2.05, 4.69) is 20.1 Å². The minimum atomic E-state index is -1.09. The predicted molar refractivity (Wildman–Crippen MR) is 57.6 cm³/mol. The minimum Gasteiger partial charge on any atom is -0.244 e. The van der Waals surface area contributed by atoms with Crippen molar-refractivity contribution in [2.24, 2.45) is 0 Å². The van der Waals surface area contributed by atoms with E-state index in [9.17, 15) is 4.39 Å². The van der Waals surface area contributed by atoms with Crippen LogP contribution in [0, 0.1) is 0 Å². The molecule has 0 radical (unpaired) electrons. The summed E-state index contributed by atoms with van der Waals surface area (Å²) < 4.78 is 13.5. The van der Waals surface area contributed by atoms with Crippen molar-refractivity contribution >= 4 is 0 Å². The molecule has 0 saturated carbocycles. The maximum atomic E-state index is 13.5. The number of halogens is 1. The molecule has 0 fully saturated rings. The molecule has 0 saturated heterocycles. The van der Waals surface area contributed by atoms with Crippen LogP contribution in [0.15, 0.2) is 24.3 Å². The molecule has 1 unspecified atom stereocenters. The van der Waals surface area contributed by atoms with Crippen molar-refractivity contribution in [3.63, 3.8) is 0 Å². The monoisotopic (exact) mass is 184 g/mol. The molecule has 0 heterocycles. The second kappa shape index (κ2) is 5.21. The zero-order chi connectivity index (χ0) is 10.5. The van der Waals surface area contributed by atoms with Gasteiger partial charge in [-0.15, -0.1) is 0 Å². The maximum Gasteiger partial charge on any atom is 0.111 e. The summed E-state index contributed by atoms with van der Waals surface area (Å²) in [6.45, 7) is 13.3. The van der Waals surface area contributed by atoms with Crippen molar-refractivity contribution in [2.75, 3.05) is 0 Å². The van der Waals surface area contributed by atoms with Crippen molar-refractivity contribution in [3.8, 4) is 0 Å². The summed E-state index contributed by atoms with van der Waals surface area (Å²) in [5.74, 6) is 0. The standard InChI is InChI=1S/C12H21F/c1-6-10(3)8-11(4)9-12(5,13)7-2/h3-4,6-9H2,1-2,5H3. The number of rotatable bonds is 6. The highest BCUT2D eigenvalue weighted by Crippen LogP contribution is 2.26. The molecule has 13 heavy (non-hydrogen) atoms. The van der Waals surface area contributed by atoms with Crippen LogP contribution in [-0.4, -0.2) is 5.67 Å². The first kappa shape index (κ1) is 12.4. The van der Waals surface area contributed by atoms with E-state index in [1.165, 1.54) is 0 Å². The van der Waals surface area contributed by atoms with Gasteiger partial charge in [0.25, 0.3) is 0 Å². The minimum absolute atomic E-state index is 0.461. The fourth-order valence-corrected chi connectivity index (χ4v) is 1.19. The van der Waals surface area contributed by atoms with E-state index in [0.717, 1.165) is 24.0 Å². The molecule has 0 N–H and O–H groups in total. The average Bonchev–Trinajstić information content (AvgIpc) is 2.03. The normalized spacial score (nSPS) is 15.1. The van der Waals surface area contributed by atoms with Crippen molar-refractivity contribution in [1.82, 2.24) is 0 Å². The van der Waals surface area contributed by atoms with E-state index in [-0.39, 0.29) is 0 Å². The first-order valence-corrected chi connectivity index (χ1v) is 4.93. The van der Waals surface area contributed by atoms with E-state index in [0.29, 0.717) is 12.8 Å². The summed E-state index contributed by atoms with van der Waals surface area (Å²) >= 11 is 0. The number of hydrogen-bond acceptors (Lipinski definition) is 0.